The molecule has 7 nitrogen and oxygen atoms in total. The summed E-state index contributed by atoms with van der Waals surface area (Å²) in [7, 11) is 1.32. The molecule has 0 radical (unpaired) electrons. The maximum atomic E-state index is 13.2. The first-order chi connectivity index (χ1) is 12.1. The van der Waals surface area contributed by atoms with Crippen LogP contribution in [0.15, 0.2) is 29.4 Å². The second kappa shape index (κ2) is 7.63. The number of alkyl halides is 3. The van der Waals surface area contributed by atoms with Crippen LogP contribution < -0.4 is 4.74 Å². The monoisotopic (exact) mass is 374 g/mol. The van der Waals surface area contributed by atoms with E-state index >= 15 is 0 Å². The quantitative estimate of drug-likeness (QED) is 0.758. The van der Waals surface area contributed by atoms with E-state index in [2.05, 4.69) is 9.84 Å². The summed E-state index contributed by atoms with van der Waals surface area (Å²) in [6.07, 6.45) is -8.62. The molecule has 1 aliphatic heterocycles. The summed E-state index contributed by atoms with van der Waals surface area (Å²) < 4.78 is 54.5. The zero-order valence-electron chi connectivity index (χ0n) is 14.2. The third-order valence-corrected chi connectivity index (χ3v) is 3.49. The van der Waals surface area contributed by atoms with Crippen molar-refractivity contribution < 1.29 is 37.0 Å². The Morgan fingerprint density at radius 1 is 1.27 bits per heavy atom. The zero-order chi connectivity index (χ0) is 19.5. The average molecular weight is 374 g/mol. The van der Waals surface area contributed by atoms with Crippen LogP contribution in [0, 0.1) is 0 Å². The predicted molar refractivity (Wildman–Crippen MR) is 83.6 cm³/mol. The summed E-state index contributed by atoms with van der Waals surface area (Å²) in [5.41, 5.74) is -0.875. The molecule has 2 atom stereocenters. The van der Waals surface area contributed by atoms with Crippen LogP contribution in [0.2, 0.25) is 0 Å². The van der Waals surface area contributed by atoms with Gasteiger partial charge in [0.25, 0.3) is 5.91 Å². The van der Waals surface area contributed by atoms with E-state index in [4.69, 9.17) is 9.47 Å². The molecular formula is C16H17F3N2O5. The van der Waals surface area contributed by atoms with Gasteiger partial charge in [0.05, 0.1) is 17.9 Å². The summed E-state index contributed by atoms with van der Waals surface area (Å²) in [5, 5.41) is 4.80. The molecule has 0 saturated carbocycles. The molecule has 0 N–H and O–H groups in total. The van der Waals surface area contributed by atoms with Crippen LogP contribution in [0.5, 0.6) is 5.75 Å². The molecule has 0 aliphatic carbocycles. The number of hydrogen-bond acceptors (Lipinski definition) is 6. The SMILES string of the molecule is CCOC(=O)OC1C(C)=NN(C)C(=O)C1Oc1ccccc1C(F)(F)F. The van der Waals surface area contributed by atoms with Crippen LogP contribution in [0.25, 0.3) is 0 Å². The molecule has 0 spiro atoms. The van der Waals surface area contributed by atoms with Crippen LogP contribution in [-0.4, -0.2) is 48.6 Å². The lowest BCUT2D eigenvalue weighted by Gasteiger charge is -2.32. The number of ether oxygens (including phenoxy) is 3. The van der Waals surface area contributed by atoms with E-state index in [9.17, 15) is 22.8 Å². The summed E-state index contributed by atoms with van der Waals surface area (Å²) in [5.74, 6) is -1.32. The van der Waals surface area contributed by atoms with Gasteiger partial charge >= 0.3 is 12.3 Å². The van der Waals surface area contributed by atoms with Crippen LogP contribution in [0.1, 0.15) is 19.4 Å². The number of carbonyl (C=O) groups excluding carboxylic acids is 2. The lowest BCUT2D eigenvalue weighted by atomic mass is 10.1. The molecule has 2 rings (SSSR count). The van der Waals surface area contributed by atoms with Crippen LogP contribution in [-0.2, 0) is 20.4 Å². The number of amides is 1. The number of carbonyl (C=O) groups is 2. The van der Waals surface area contributed by atoms with E-state index in [1.807, 2.05) is 0 Å². The third-order valence-electron chi connectivity index (χ3n) is 3.49. The van der Waals surface area contributed by atoms with Crippen LogP contribution >= 0.6 is 0 Å². The summed E-state index contributed by atoms with van der Waals surface area (Å²) >= 11 is 0. The first-order valence-corrected chi connectivity index (χ1v) is 7.64. The van der Waals surface area contributed by atoms with Crippen molar-refractivity contribution in [1.82, 2.24) is 5.01 Å². The maximum absolute atomic E-state index is 13.2. The third kappa shape index (κ3) is 4.24. The Labute approximate surface area is 147 Å². The molecule has 1 amide bonds. The first kappa shape index (κ1) is 19.5. The number of hydrazone groups is 1. The Bertz CT molecular complexity index is 720. The van der Waals surface area contributed by atoms with Gasteiger partial charge in [-0.15, -0.1) is 0 Å². The van der Waals surface area contributed by atoms with Crippen molar-refractivity contribution in [3.63, 3.8) is 0 Å². The number of para-hydroxylation sites is 1. The van der Waals surface area contributed by atoms with Crippen molar-refractivity contribution in [3.8, 4) is 5.75 Å². The molecule has 0 bridgehead atoms. The number of nitrogens with zero attached hydrogens (tertiary/aromatic N) is 2. The highest BCUT2D eigenvalue weighted by Gasteiger charge is 2.43. The number of halogens is 3. The molecule has 0 aromatic heterocycles. The summed E-state index contributed by atoms with van der Waals surface area (Å²) in [4.78, 5) is 24.0. The number of hydrogen-bond donors (Lipinski definition) is 0. The van der Waals surface area contributed by atoms with Gasteiger partial charge in [-0.3, -0.25) is 4.79 Å². The maximum Gasteiger partial charge on any atom is 0.509 e. The standard InChI is InChI=1S/C16H17F3N2O5/c1-4-24-15(23)26-12-9(2)20-21(3)14(22)13(12)25-11-8-6-5-7-10(11)16(17,18)19/h5-8,12-13H,4H2,1-3H3. The fraction of sp³-hybridized carbons (Fsp3) is 0.438. The van der Waals surface area contributed by atoms with Crippen molar-refractivity contribution in [2.45, 2.75) is 32.2 Å². The highest BCUT2D eigenvalue weighted by Crippen LogP contribution is 2.37. The second-order valence-electron chi connectivity index (χ2n) is 5.36. The normalized spacial score (nSPS) is 20.5. The van der Waals surface area contributed by atoms with Crippen molar-refractivity contribution >= 4 is 17.8 Å². The topological polar surface area (TPSA) is 77.4 Å². The molecule has 26 heavy (non-hydrogen) atoms. The predicted octanol–water partition coefficient (Wildman–Crippen LogP) is 2.84. The van der Waals surface area contributed by atoms with Crippen LogP contribution in [0.3, 0.4) is 0 Å². The van der Waals surface area contributed by atoms with Gasteiger partial charge in [0.2, 0.25) is 6.10 Å². The van der Waals surface area contributed by atoms with Gasteiger partial charge in [0.1, 0.15) is 5.75 Å². The molecule has 1 aromatic carbocycles. The van der Waals surface area contributed by atoms with Gasteiger partial charge in [-0.2, -0.15) is 18.3 Å². The zero-order valence-corrected chi connectivity index (χ0v) is 14.2. The van der Waals surface area contributed by atoms with E-state index in [1.165, 1.54) is 26.1 Å². The minimum absolute atomic E-state index is 0.0258. The molecular weight excluding hydrogens is 357 g/mol. The van der Waals surface area contributed by atoms with Gasteiger partial charge in [-0.05, 0) is 26.0 Å². The van der Waals surface area contributed by atoms with E-state index in [0.717, 1.165) is 17.1 Å². The Hall–Kier alpha value is -2.78. The Kier molecular flexibility index (Phi) is 5.73. The molecule has 2 unspecified atom stereocenters. The largest absolute Gasteiger partial charge is 0.509 e. The van der Waals surface area contributed by atoms with E-state index in [-0.39, 0.29) is 12.3 Å². The smallest absolute Gasteiger partial charge is 0.475 e. The second-order valence-corrected chi connectivity index (χ2v) is 5.36. The molecule has 10 heteroatoms. The minimum atomic E-state index is -4.68. The minimum Gasteiger partial charge on any atom is -0.475 e. The van der Waals surface area contributed by atoms with Crippen molar-refractivity contribution in [2.75, 3.05) is 13.7 Å². The van der Waals surface area contributed by atoms with Gasteiger partial charge in [-0.25, -0.2) is 9.80 Å². The van der Waals surface area contributed by atoms with Gasteiger partial charge in [-0.1, -0.05) is 12.1 Å². The van der Waals surface area contributed by atoms with E-state index in [0.29, 0.717) is 0 Å². The first-order valence-electron chi connectivity index (χ1n) is 7.64. The Morgan fingerprint density at radius 3 is 2.54 bits per heavy atom. The average Bonchev–Trinajstić information content (AvgIpc) is 2.55. The van der Waals surface area contributed by atoms with E-state index in [1.54, 1.807) is 6.92 Å². The van der Waals surface area contributed by atoms with E-state index < -0.39 is 41.8 Å². The fourth-order valence-electron chi connectivity index (χ4n) is 2.33. The number of likely N-dealkylation sites (N-methyl/N-ethyl adjacent to an activating group) is 1. The molecule has 0 fully saturated rings. The van der Waals surface area contributed by atoms with Crippen molar-refractivity contribution in [3.05, 3.63) is 29.8 Å². The fourth-order valence-corrected chi connectivity index (χ4v) is 2.33. The Morgan fingerprint density at radius 2 is 1.92 bits per heavy atom. The molecule has 1 aliphatic rings. The van der Waals surface area contributed by atoms with Crippen molar-refractivity contribution in [1.29, 1.82) is 0 Å². The molecule has 1 aromatic rings. The van der Waals surface area contributed by atoms with Gasteiger partial charge in [0, 0.05) is 7.05 Å². The van der Waals surface area contributed by atoms with Crippen LogP contribution in [0.4, 0.5) is 18.0 Å². The molecule has 1 heterocycles. The highest BCUT2D eigenvalue weighted by molar-refractivity contribution is 5.98. The lowest BCUT2D eigenvalue weighted by molar-refractivity contribution is -0.147. The molecule has 142 valence electrons. The summed E-state index contributed by atoms with van der Waals surface area (Å²) in [6, 6.07) is 4.45. The Balaban J connectivity index is 2.36. The summed E-state index contributed by atoms with van der Waals surface area (Å²) in [6.45, 7) is 3.03. The van der Waals surface area contributed by atoms with Gasteiger partial charge in [0.15, 0.2) is 6.10 Å². The molecule has 0 saturated heterocycles. The lowest BCUT2D eigenvalue weighted by Crippen LogP contribution is -2.54. The van der Waals surface area contributed by atoms with Gasteiger partial charge < -0.3 is 14.2 Å². The highest BCUT2D eigenvalue weighted by atomic mass is 19.4. The number of benzene rings is 1. The number of rotatable bonds is 4. The van der Waals surface area contributed by atoms with Crippen molar-refractivity contribution in [2.24, 2.45) is 5.10 Å².